The minimum atomic E-state index is -1.53. The Morgan fingerprint density at radius 1 is 0.789 bits per heavy atom. The maximum Gasteiger partial charge on any atom is 0.0675 e. The Bertz CT molecular complexity index is 286. The lowest BCUT2D eigenvalue weighted by atomic mass is 10.3. The second kappa shape index (κ2) is 9.52. The number of hydrogen-bond donors (Lipinski definition) is 0. The van der Waals surface area contributed by atoms with E-state index in [1.54, 1.807) is 0 Å². The van der Waals surface area contributed by atoms with Gasteiger partial charge in [0.1, 0.15) is 0 Å². The van der Waals surface area contributed by atoms with Crippen LogP contribution in [0, 0.1) is 0 Å². The van der Waals surface area contributed by atoms with Crippen LogP contribution >= 0.6 is 0 Å². The summed E-state index contributed by atoms with van der Waals surface area (Å²) in [5.41, 5.74) is -0.352. The second-order valence-electron chi connectivity index (χ2n) is 6.80. The fourth-order valence-electron chi connectivity index (χ4n) is 0.236. The molecule has 0 aliphatic rings. The monoisotopic (exact) mass is 276 g/mol. The first-order valence-corrected chi connectivity index (χ1v) is 5.72. The van der Waals surface area contributed by atoms with Crippen LogP contribution in [0.3, 0.4) is 0 Å². The summed E-state index contributed by atoms with van der Waals surface area (Å²) in [5, 5.41) is 19.4. The number of hydrogen-bond acceptors (Lipinski definition) is 4. The normalized spacial score (nSPS) is 11.5. The van der Waals surface area contributed by atoms with Crippen molar-refractivity contribution in [2.75, 3.05) is 56.4 Å². The molecule has 0 heterocycles. The molecule has 0 bridgehead atoms. The van der Waals surface area contributed by atoms with E-state index < -0.39 is 11.9 Å². The van der Waals surface area contributed by atoms with E-state index in [1.165, 1.54) is 0 Å². The number of aliphatic carboxylic acids is 2. The molecule has 0 aromatic heterocycles. The predicted molar refractivity (Wildman–Crippen MR) is 71.7 cm³/mol. The van der Waals surface area contributed by atoms with Crippen LogP contribution in [-0.4, -0.2) is 77.3 Å². The maximum absolute atomic E-state index is 9.76. The van der Waals surface area contributed by atoms with Crippen molar-refractivity contribution in [2.45, 2.75) is 6.92 Å². The third kappa shape index (κ3) is 81.2. The first-order valence-electron chi connectivity index (χ1n) is 5.72. The van der Waals surface area contributed by atoms with Crippen LogP contribution in [0.25, 0.3) is 0 Å². The summed E-state index contributed by atoms with van der Waals surface area (Å²) >= 11 is 0. The van der Waals surface area contributed by atoms with Gasteiger partial charge in [0.25, 0.3) is 0 Å². The van der Waals surface area contributed by atoms with Crippen molar-refractivity contribution in [2.24, 2.45) is 0 Å². The van der Waals surface area contributed by atoms with Crippen molar-refractivity contribution >= 4 is 11.9 Å². The van der Waals surface area contributed by atoms with Gasteiger partial charge in [0.15, 0.2) is 0 Å². The Hall–Kier alpha value is -1.40. The van der Waals surface area contributed by atoms with Crippen molar-refractivity contribution < 1.29 is 28.8 Å². The highest BCUT2D eigenvalue weighted by Gasteiger charge is 1.89. The quantitative estimate of drug-likeness (QED) is 0.435. The Kier molecular flexibility index (Phi) is 11.4. The van der Waals surface area contributed by atoms with Crippen molar-refractivity contribution in [3.8, 4) is 0 Å². The van der Waals surface area contributed by atoms with Crippen LogP contribution in [0.2, 0.25) is 0 Å². The van der Waals surface area contributed by atoms with E-state index >= 15 is 0 Å². The van der Waals surface area contributed by atoms with Crippen LogP contribution in [0.4, 0.5) is 0 Å². The molecule has 0 N–H and O–H groups in total. The fourth-order valence-corrected chi connectivity index (χ4v) is 0.236. The molecule has 0 rings (SSSR count). The van der Waals surface area contributed by atoms with Gasteiger partial charge < -0.3 is 28.8 Å². The van der Waals surface area contributed by atoms with E-state index in [1.807, 2.05) is 0 Å². The Balaban J connectivity index is -0.000000219. The number of carboxylic acid groups (broad SMARTS) is 2. The number of carboxylic acids is 2. The van der Waals surface area contributed by atoms with Gasteiger partial charge in [0, 0.05) is 0 Å². The summed E-state index contributed by atoms with van der Waals surface area (Å²) < 4.78 is 2.00. The standard InChI is InChI=1S/C5H6O4.2C4H12N/c1-3(5(8)9)2-4(6)7;2*1-5(2,3)4/h2H,1H3,(H,6,7)(H,8,9);2*1-4H3/q;2*+1/p-2/b3-2+;;. The molecule has 0 aliphatic heterocycles. The molecule has 6 nitrogen and oxygen atoms in total. The van der Waals surface area contributed by atoms with Gasteiger partial charge in [-0.25, -0.2) is 0 Å². The summed E-state index contributed by atoms with van der Waals surface area (Å²) in [6, 6.07) is 0. The van der Waals surface area contributed by atoms with Gasteiger partial charge in [-0.05, 0) is 18.6 Å². The number of carbonyl (C=O) groups is 2. The molecule has 0 aromatic rings. The Labute approximate surface area is 116 Å². The molecule has 0 saturated carbocycles. The minimum absolute atomic E-state index is 0.352. The molecule has 0 unspecified atom stereocenters. The molecule has 0 fully saturated rings. The van der Waals surface area contributed by atoms with Gasteiger partial charge in [0.05, 0.1) is 68.3 Å². The largest absolute Gasteiger partial charge is 0.545 e. The molecule has 0 radical (unpaired) electrons. The fraction of sp³-hybridized carbons (Fsp3) is 0.692. The van der Waals surface area contributed by atoms with Crippen molar-refractivity contribution in [1.82, 2.24) is 0 Å². The van der Waals surface area contributed by atoms with Gasteiger partial charge >= 0.3 is 0 Å². The molecule has 0 aromatic carbocycles. The second-order valence-corrected chi connectivity index (χ2v) is 6.80. The lowest BCUT2D eigenvalue weighted by Gasteiger charge is -2.14. The predicted octanol–water partition coefficient (Wildman–Crippen LogP) is -1.92. The van der Waals surface area contributed by atoms with Crippen LogP contribution in [-0.2, 0) is 9.59 Å². The van der Waals surface area contributed by atoms with E-state index in [9.17, 15) is 19.8 Å². The molecule has 0 atom stereocenters. The zero-order valence-corrected chi connectivity index (χ0v) is 13.6. The summed E-state index contributed by atoms with van der Waals surface area (Å²) in [6.07, 6.45) is 0.468. The van der Waals surface area contributed by atoms with E-state index in [0.717, 1.165) is 15.9 Å². The van der Waals surface area contributed by atoms with Crippen molar-refractivity contribution in [1.29, 1.82) is 0 Å². The average Bonchev–Trinajstić information content (AvgIpc) is 1.94. The highest BCUT2D eigenvalue weighted by Crippen LogP contribution is 1.86. The van der Waals surface area contributed by atoms with Gasteiger partial charge in [0.2, 0.25) is 0 Å². The van der Waals surface area contributed by atoms with Gasteiger partial charge in [-0.2, -0.15) is 0 Å². The molecule has 19 heavy (non-hydrogen) atoms. The third-order valence-electron chi connectivity index (χ3n) is 0.656. The van der Waals surface area contributed by atoms with Crippen molar-refractivity contribution in [3.63, 3.8) is 0 Å². The molecular formula is C13H28N2O4. The zero-order valence-electron chi connectivity index (χ0n) is 13.6. The van der Waals surface area contributed by atoms with Crippen LogP contribution in [0.5, 0.6) is 0 Å². The van der Waals surface area contributed by atoms with Crippen LogP contribution in [0.1, 0.15) is 6.92 Å². The smallest absolute Gasteiger partial charge is 0.0675 e. The van der Waals surface area contributed by atoms with E-state index in [2.05, 4.69) is 56.4 Å². The molecule has 114 valence electrons. The first-order chi connectivity index (χ1) is 8.04. The molecule has 6 heteroatoms. The molecular weight excluding hydrogens is 248 g/mol. The van der Waals surface area contributed by atoms with Crippen LogP contribution in [0.15, 0.2) is 11.6 Å². The SMILES string of the molecule is C/C(=C\C(=O)[O-])C(=O)[O-].C[N+](C)(C)C.C[N+](C)(C)C. The Morgan fingerprint density at radius 2 is 1.00 bits per heavy atom. The number of quaternary nitrogens is 2. The van der Waals surface area contributed by atoms with Gasteiger partial charge in [-0.3, -0.25) is 0 Å². The molecule has 0 spiro atoms. The highest BCUT2D eigenvalue weighted by molar-refractivity contribution is 5.92. The lowest BCUT2D eigenvalue weighted by molar-refractivity contribution is -0.849. The number of carbonyl (C=O) groups excluding carboxylic acids is 2. The molecule has 0 saturated heterocycles. The lowest BCUT2D eigenvalue weighted by Crippen LogP contribution is -2.27. The van der Waals surface area contributed by atoms with E-state index in [-0.39, 0.29) is 5.57 Å². The Morgan fingerprint density at radius 3 is 1.05 bits per heavy atom. The summed E-state index contributed by atoms with van der Waals surface area (Å²) in [6.45, 7) is 1.12. The van der Waals surface area contributed by atoms with Gasteiger partial charge in [-0.15, -0.1) is 0 Å². The topological polar surface area (TPSA) is 80.3 Å². The number of nitrogens with zero attached hydrogens (tertiary/aromatic N) is 2. The zero-order chi connectivity index (χ0) is 16.4. The molecule has 0 amide bonds. The van der Waals surface area contributed by atoms with Crippen molar-refractivity contribution in [3.05, 3.63) is 11.6 Å². The average molecular weight is 276 g/mol. The van der Waals surface area contributed by atoms with Gasteiger partial charge in [-0.1, -0.05) is 0 Å². The maximum atomic E-state index is 9.76. The summed E-state index contributed by atoms with van der Waals surface area (Å²) in [7, 11) is 17.0. The summed E-state index contributed by atoms with van der Waals surface area (Å²) in [5.74, 6) is -3.03. The van der Waals surface area contributed by atoms with E-state index in [4.69, 9.17) is 0 Å². The molecule has 0 aliphatic carbocycles. The van der Waals surface area contributed by atoms with E-state index in [0.29, 0.717) is 6.08 Å². The third-order valence-corrected chi connectivity index (χ3v) is 0.656. The minimum Gasteiger partial charge on any atom is -0.545 e. The highest BCUT2D eigenvalue weighted by atomic mass is 16.4. The first kappa shape index (κ1) is 22.8. The van der Waals surface area contributed by atoms with Crippen LogP contribution < -0.4 is 10.2 Å². The summed E-state index contributed by atoms with van der Waals surface area (Å²) in [4.78, 5) is 19.4. The number of rotatable bonds is 2.